The highest BCUT2D eigenvalue weighted by molar-refractivity contribution is 5.28. The second-order valence-electron chi connectivity index (χ2n) is 3.55. The summed E-state index contributed by atoms with van der Waals surface area (Å²) in [6, 6.07) is 0. The number of hydrogen-bond acceptors (Lipinski definition) is 3. The fourth-order valence-electron chi connectivity index (χ4n) is 1.61. The van der Waals surface area contributed by atoms with Gasteiger partial charge in [-0.3, -0.25) is 0 Å². The topological polar surface area (TPSA) is 34.0 Å². The predicted molar refractivity (Wildman–Crippen MR) is 47.5 cm³/mol. The Morgan fingerprint density at radius 3 is 2.53 bits per heavy atom. The Kier molecular flexibility index (Phi) is 2.54. The minimum absolute atomic E-state index is 0.400. The number of anilines is 1. The number of hydrogen-bond donors (Lipinski definition) is 0. The van der Waals surface area contributed by atoms with Crippen molar-refractivity contribution in [3.05, 3.63) is 6.33 Å². The summed E-state index contributed by atoms with van der Waals surface area (Å²) in [4.78, 5) is 5.76. The zero-order chi connectivity index (χ0) is 10.9. The normalized spacial score (nSPS) is 17.4. The monoisotopic (exact) mass is 220 g/mol. The maximum Gasteiger partial charge on any atom is 0.408 e. The van der Waals surface area contributed by atoms with Gasteiger partial charge in [-0.1, -0.05) is 0 Å². The third-order valence-corrected chi connectivity index (χ3v) is 2.25. The summed E-state index contributed by atoms with van der Waals surface area (Å²) in [5.74, 6) is 0.400. The minimum Gasteiger partial charge on any atom is -0.340 e. The van der Waals surface area contributed by atoms with E-state index >= 15 is 0 Å². The zero-order valence-corrected chi connectivity index (χ0v) is 8.04. The van der Waals surface area contributed by atoms with Gasteiger partial charge in [0.2, 0.25) is 5.95 Å². The van der Waals surface area contributed by atoms with Crippen LogP contribution >= 0.6 is 0 Å². The summed E-state index contributed by atoms with van der Waals surface area (Å²) in [5, 5.41) is 3.79. The largest absolute Gasteiger partial charge is 0.408 e. The molecule has 7 heteroatoms. The van der Waals surface area contributed by atoms with Gasteiger partial charge in [-0.05, 0) is 12.8 Å². The van der Waals surface area contributed by atoms with Crippen LogP contribution in [-0.2, 0) is 6.54 Å². The van der Waals surface area contributed by atoms with Crippen LogP contribution in [-0.4, -0.2) is 34.0 Å². The van der Waals surface area contributed by atoms with E-state index in [9.17, 15) is 13.2 Å². The molecule has 0 aliphatic carbocycles. The first-order chi connectivity index (χ1) is 7.04. The average molecular weight is 220 g/mol. The Balaban J connectivity index is 2.03. The van der Waals surface area contributed by atoms with Crippen molar-refractivity contribution in [3.8, 4) is 0 Å². The molecule has 0 aromatic carbocycles. The molecule has 0 spiro atoms. The third kappa shape index (κ3) is 2.60. The zero-order valence-electron chi connectivity index (χ0n) is 8.04. The molecule has 2 heterocycles. The highest BCUT2D eigenvalue weighted by Crippen LogP contribution is 2.19. The maximum absolute atomic E-state index is 12.0. The Morgan fingerprint density at radius 1 is 1.27 bits per heavy atom. The second kappa shape index (κ2) is 3.71. The molecule has 2 rings (SSSR count). The van der Waals surface area contributed by atoms with Gasteiger partial charge in [-0.15, -0.1) is 5.10 Å². The van der Waals surface area contributed by atoms with E-state index in [4.69, 9.17) is 0 Å². The molecule has 0 bridgehead atoms. The fourth-order valence-corrected chi connectivity index (χ4v) is 1.61. The van der Waals surface area contributed by atoms with E-state index in [-0.39, 0.29) is 0 Å². The van der Waals surface area contributed by atoms with Crippen LogP contribution in [0, 0.1) is 0 Å². The molecule has 84 valence electrons. The van der Waals surface area contributed by atoms with Crippen molar-refractivity contribution in [3.63, 3.8) is 0 Å². The van der Waals surface area contributed by atoms with Gasteiger partial charge < -0.3 is 4.90 Å². The molecule has 0 amide bonds. The first-order valence-electron chi connectivity index (χ1n) is 4.76. The van der Waals surface area contributed by atoms with Crippen LogP contribution in [0.2, 0.25) is 0 Å². The van der Waals surface area contributed by atoms with Crippen molar-refractivity contribution in [2.24, 2.45) is 0 Å². The summed E-state index contributed by atoms with van der Waals surface area (Å²) < 4.78 is 36.9. The molecule has 15 heavy (non-hydrogen) atoms. The number of alkyl halides is 3. The summed E-state index contributed by atoms with van der Waals surface area (Å²) in [7, 11) is 0. The quantitative estimate of drug-likeness (QED) is 0.756. The summed E-state index contributed by atoms with van der Waals surface area (Å²) in [6.07, 6.45) is -1.02. The van der Waals surface area contributed by atoms with E-state index < -0.39 is 12.7 Å². The predicted octanol–water partition coefficient (Wildman–Crippen LogP) is 1.44. The lowest BCUT2D eigenvalue weighted by Gasteiger charge is -2.11. The van der Waals surface area contributed by atoms with Crippen LogP contribution in [0.1, 0.15) is 12.8 Å². The molecule has 1 aromatic heterocycles. The molecule has 0 N–H and O–H groups in total. The first kappa shape index (κ1) is 10.3. The van der Waals surface area contributed by atoms with E-state index in [0.717, 1.165) is 36.9 Å². The lowest BCUT2D eigenvalue weighted by Crippen LogP contribution is -2.21. The van der Waals surface area contributed by atoms with Crippen molar-refractivity contribution in [1.29, 1.82) is 0 Å². The standard InChI is InChI=1S/C8H11F3N4/c9-8(10,11)5-15-6-12-7(13-15)14-3-1-2-4-14/h6H,1-5H2. The van der Waals surface area contributed by atoms with Crippen molar-refractivity contribution in [1.82, 2.24) is 14.8 Å². The van der Waals surface area contributed by atoms with E-state index in [1.165, 1.54) is 0 Å². The Bertz CT molecular complexity index is 327. The van der Waals surface area contributed by atoms with Crippen molar-refractivity contribution in [2.45, 2.75) is 25.6 Å². The van der Waals surface area contributed by atoms with Gasteiger partial charge in [0.25, 0.3) is 0 Å². The van der Waals surface area contributed by atoms with Crippen LogP contribution < -0.4 is 4.90 Å². The molecular formula is C8H11F3N4. The summed E-state index contributed by atoms with van der Waals surface area (Å²) in [5.41, 5.74) is 0. The highest BCUT2D eigenvalue weighted by atomic mass is 19.4. The van der Waals surface area contributed by atoms with E-state index in [1.807, 2.05) is 4.90 Å². The molecular weight excluding hydrogens is 209 g/mol. The van der Waals surface area contributed by atoms with Gasteiger partial charge in [0.1, 0.15) is 12.9 Å². The van der Waals surface area contributed by atoms with E-state index in [0.29, 0.717) is 5.95 Å². The smallest absolute Gasteiger partial charge is 0.340 e. The van der Waals surface area contributed by atoms with Crippen LogP contribution in [0.15, 0.2) is 6.33 Å². The second-order valence-corrected chi connectivity index (χ2v) is 3.55. The number of rotatable bonds is 2. The molecule has 1 aliphatic heterocycles. The Morgan fingerprint density at radius 2 is 1.93 bits per heavy atom. The van der Waals surface area contributed by atoms with Crippen LogP contribution in [0.4, 0.5) is 19.1 Å². The van der Waals surface area contributed by atoms with E-state index in [2.05, 4.69) is 10.1 Å². The van der Waals surface area contributed by atoms with Crippen LogP contribution in [0.3, 0.4) is 0 Å². The van der Waals surface area contributed by atoms with E-state index in [1.54, 1.807) is 0 Å². The van der Waals surface area contributed by atoms with Crippen LogP contribution in [0.5, 0.6) is 0 Å². The molecule has 1 aromatic rings. The molecule has 4 nitrogen and oxygen atoms in total. The van der Waals surface area contributed by atoms with Gasteiger partial charge in [0.05, 0.1) is 0 Å². The third-order valence-electron chi connectivity index (χ3n) is 2.25. The Hall–Kier alpha value is -1.27. The van der Waals surface area contributed by atoms with Gasteiger partial charge in [-0.2, -0.15) is 13.2 Å². The molecule has 1 aliphatic rings. The molecule has 0 unspecified atom stereocenters. The molecule has 0 saturated carbocycles. The van der Waals surface area contributed by atoms with Crippen molar-refractivity contribution in [2.75, 3.05) is 18.0 Å². The van der Waals surface area contributed by atoms with Gasteiger partial charge in [0, 0.05) is 13.1 Å². The van der Waals surface area contributed by atoms with Gasteiger partial charge >= 0.3 is 6.18 Å². The Labute approximate surface area is 84.7 Å². The molecule has 0 radical (unpaired) electrons. The number of halogens is 3. The van der Waals surface area contributed by atoms with Crippen molar-refractivity contribution >= 4 is 5.95 Å². The fraction of sp³-hybridized carbons (Fsp3) is 0.750. The van der Waals surface area contributed by atoms with Crippen LogP contribution in [0.25, 0.3) is 0 Å². The number of aromatic nitrogens is 3. The minimum atomic E-state index is -4.24. The average Bonchev–Trinajstić information content (AvgIpc) is 2.68. The first-order valence-corrected chi connectivity index (χ1v) is 4.76. The number of nitrogens with zero attached hydrogens (tertiary/aromatic N) is 4. The SMILES string of the molecule is FC(F)(F)Cn1cnc(N2CCCC2)n1. The highest BCUT2D eigenvalue weighted by Gasteiger charge is 2.29. The van der Waals surface area contributed by atoms with Crippen molar-refractivity contribution < 1.29 is 13.2 Å². The molecule has 1 saturated heterocycles. The lowest BCUT2D eigenvalue weighted by atomic mass is 10.4. The molecule has 0 atom stereocenters. The summed E-state index contributed by atoms with van der Waals surface area (Å²) in [6.45, 7) is 0.583. The molecule has 1 fully saturated rings. The van der Waals surface area contributed by atoms with Gasteiger partial charge in [0.15, 0.2) is 0 Å². The summed E-state index contributed by atoms with van der Waals surface area (Å²) >= 11 is 0. The maximum atomic E-state index is 12.0. The van der Waals surface area contributed by atoms with Gasteiger partial charge in [-0.25, -0.2) is 9.67 Å². The lowest BCUT2D eigenvalue weighted by molar-refractivity contribution is -0.142.